The first-order chi connectivity index (χ1) is 12.0. The van der Waals surface area contributed by atoms with E-state index in [0.717, 1.165) is 25.7 Å². The van der Waals surface area contributed by atoms with E-state index in [1.807, 2.05) is 6.07 Å². The minimum Gasteiger partial charge on any atom is -0.393 e. The van der Waals surface area contributed by atoms with E-state index in [1.54, 1.807) is 0 Å². The van der Waals surface area contributed by atoms with Crippen molar-refractivity contribution < 1.29 is 19.3 Å². The maximum Gasteiger partial charge on any atom is 0.165 e. The summed E-state index contributed by atoms with van der Waals surface area (Å²) in [7, 11) is 0. The molecule has 3 aliphatic carbocycles. The number of hydrogen-bond donors (Lipinski definition) is 1. The first-order valence-electron chi connectivity index (χ1n) is 9.73. The highest BCUT2D eigenvalue weighted by Crippen LogP contribution is 2.60. The van der Waals surface area contributed by atoms with Gasteiger partial charge in [0, 0.05) is 0 Å². The summed E-state index contributed by atoms with van der Waals surface area (Å²) < 4.78 is 12.8. The topological polar surface area (TPSA) is 38.7 Å². The summed E-state index contributed by atoms with van der Waals surface area (Å²) in [5.74, 6) is 2.61. The van der Waals surface area contributed by atoms with Crippen LogP contribution in [-0.4, -0.2) is 24.0 Å². The maximum absolute atomic E-state index is 12.8. The lowest BCUT2D eigenvalue weighted by molar-refractivity contribution is -0.216. The molecule has 0 spiro atoms. The van der Waals surface area contributed by atoms with Crippen molar-refractivity contribution in [2.75, 3.05) is 6.61 Å². The Hall–Kier alpha value is -1.13. The molecule has 0 heterocycles. The van der Waals surface area contributed by atoms with Gasteiger partial charge in [0.15, 0.2) is 5.75 Å². The van der Waals surface area contributed by atoms with E-state index in [-0.39, 0.29) is 18.1 Å². The van der Waals surface area contributed by atoms with Crippen LogP contribution >= 0.6 is 0 Å². The van der Waals surface area contributed by atoms with Crippen molar-refractivity contribution in [2.45, 2.75) is 70.6 Å². The number of aliphatic hydroxyl groups is 1. The van der Waals surface area contributed by atoms with Gasteiger partial charge < -0.3 is 9.99 Å². The van der Waals surface area contributed by atoms with Crippen LogP contribution in [0, 0.1) is 17.3 Å². The van der Waals surface area contributed by atoms with Gasteiger partial charge in [-0.15, -0.1) is 0 Å². The van der Waals surface area contributed by atoms with Gasteiger partial charge in [-0.25, -0.2) is 4.39 Å². The molecule has 1 N–H and O–H groups in total. The third kappa shape index (κ3) is 2.97. The van der Waals surface area contributed by atoms with Crippen LogP contribution in [0.1, 0.15) is 63.0 Å². The van der Waals surface area contributed by atoms with Crippen molar-refractivity contribution in [1.29, 1.82) is 0 Å². The lowest BCUT2D eigenvalue weighted by Crippen LogP contribution is -2.43. The van der Waals surface area contributed by atoms with E-state index in [4.69, 9.17) is 9.78 Å². The van der Waals surface area contributed by atoms with Crippen molar-refractivity contribution in [3.63, 3.8) is 0 Å². The molecule has 138 valence electrons. The summed E-state index contributed by atoms with van der Waals surface area (Å²) in [5, 5.41) is 10.5. The smallest absolute Gasteiger partial charge is 0.165 e. The summed E-state index contributed by atoms with van der Waals surface area (Å²) >= 11 is 0. The molecule has 0 aromatic heterocycles. The number of alkyl halides is 1. The molecule has 0 radical (unpaired) electrons. The Balaban J connectivity index is 1.51. The summed E-state index contributed by atoms with van der Waals surface area (Å²) in [6.07, 6.45) is 5.51. The highest BCUT2D eigenvalue weighted by Gasteiger charge is 2.54. The van der Waals surface area contributed by atoms with Crippen LogP contribution < -0.4 is 4.89 Å². The number of aliphatic hydroxyl groups excluding tert-OH is 1. The predicted octanol–water partition coefficient (Wildman–Crippen LogP) is 4.57. The average molecular weight is 348 g/mol. The van der Waals surface area contributed by atoms with E-state index in [2.05, 4.69) is 19.1 Å². The van der Waals surface area contributed by atoms with Crippen LogP contribution in [0.25, 0.3) is 0 Å². The molecule has 25 heavy (non-hydrogen) atoms. The summed E-state index contributed by atoms with van der Waals surface area (Å²) in [6.45, 7) is 3.71. The van der Waals surface area contributed by atoms with Gasteiger partial charge in [0.2, 0.25) is 0 Å². The first kappa shape index (κ1) is 17.3. The van der Waals surface area contributed by atoms with Crippen molar-refractivity contribution in [2.24, 2.45) is 17.3 Å². The fraction of sp³-hybridized carbons (Fsp3) is 0.714. The fourth-order valence-corrected chi connectivity index (χ4v) is 5.78. The SMILES string of the molecule is CC(F)COOc1ccc2c(c1)CC[C@@H]1[C@@H]2CC[C@]2(C)[C@@H](O)CC[C@@H]12. The summed E-state index contributed by atoms with van der Waals surface area (Å²) in [6, 6.07) is 6.19. The van der Waals surface area contributed by atoms with Crippen molar-refractivity contribution in [3.8, 4) is 5.75 Å². The zero-order valence-corrected chi connectivity index (χ0v) is 15.2. The summed E-state index contributed by atoms with van der Waals surface area (Å²) in [4.78, 5) is 10.2. The number of fused-ring (bicyclic) bond motifs is 5. The number of hydrogen-bond acceptors (Lipinski definition) is 3. The molecule has 1 unspecified atom stereocenters. The molecule has 0 saturated heterocycles. The Morgan fingerprint density at radius 1 is 1.28 bits per heavy atom. The molecule has 2 fully saturated rings. The predicted molar refractivity (Wildman–Crippen MR) is 94.2 cm³/mol. The van der Waals surface area contributed by atoms with E-state index in [1.165, 1.54) is 30.9 Å². The zero-order valence-electron chi connectivity index (χ0n) is 15.2. The molecule has 6 atom stereocenters. The highest BCUT2D eigenvalue weighted by molar-refractivity contribution is 5.40. The van der Waals surface area contributed by atoms with Crippen LogP contribution in [0.5, 0.6) is 5.75 Å². The molecule has 1 aromatic carbocycles. The third-order valence-electron chi connectivity index (χ3n) is 7.10. The molecule has 3 aliphatic rings. The lowest BCUT2D eigenvalue weighted by Gasteiger charge is -2.50. The minimum absolute atomic E-state index is 0.0512. The van der Waals surface area contributed by atoms with Gasteiger partial charge in [-0.3, -0.25) is 0 Å². The van der Waals surface area contributed by atoms with E-state index in [0.29, 0.717) is 23.5 Å². The molecular weight excluding hydrogens is 319 g/mol. The third-order valence-corrected chi connectivity index (χ3v) is 7.10. The van der Waals surface area contributed by atoms with Crippen LogP contribution in [0.4, 0.5) is 4.39 Å². The standard InChI is InChI=1S/C21H29FO3/c1-13(22)12-24-25-15-4-6-16-14(11-15)3-5-18-17(16)9-10-21(2)19(18)7-8-20(21)23/h4,6,11,13,17-20,23H,3,5,7-10,12H2,1-2H3/t13?,17-,18-,19+,20+,21+/m1/s1. The molecular formula is C21H29FO3. The van der Waals surface area contributed by atoms with Gasteiger partial charge in [0.05, 0.1) is 6.10 Å². The van der Waals surface area contributed by atoms with Crippen LogP contribution in [0.2, 0.25) is 0 Å². The Morgan fingerprint density at radius 3 is 2.92 bits per heavy atom. The van der Waals surface area contributed by atoms with E-state index >= 15 is 0 Å². The molecule has 0 aliphatic heterocycles. The second kappa shape index (κ2) is 6.55. The number of halogens is 1. The van der Waals surface area contributed by atoms with Gasteiger partial charge in [-0.1, -0.05) is 13.0 Å². The van der Waals surface area contributed by atoms with Crippen molar-refractivity contribution in [1.82, 2.24) is 0 Å². The number of benzene rings is 1. The van der Waals surface area contributed by atoms with Gasteiger partial charge in [0.1, 0.15) is 12.8 Å². The normalized spacial score (nSPS) is 37.8. The second-order valence-electron chi connectivity index (χ2n) is 8.56. The molecule has 0 amide bonds. The Morgan fingerprint density at radius 2 is 2.12 bits per heavy atom. The van der Waals surface area contributed by atoms with Crippen molar-refractivity contribution >= 4 is 0 Å². The lowest BCUT2D eigenvalue weighted by atomic mass is 9.55. The van der Waals surface area contributed by atoms with Crippen molar-refractivity contribution in [3.05, 3.63) is 29.3 Å². The monoisotopic (exact) mass is 348 g/mol. The summed E-state index contributed by atoms with van der Waals surface area (Å²) in [5.41, 5.74) is 2.92. The highest BCUT2D eigenvalue weighted by atomic mass is 19.1. The molecule has 2 saturated carbocycles. The molecule has 0 bridgehead atoms. The van der Waals surface area contributed by atoms with Gasteiger partial charge in [-0.2, -0.15) is 4.89 Å². The molecule has 3 nitrogen and oxygen atoms in total. The van der Waals surface area contributed by atoms with Crippen LogP contribution in [-0.2, 0) is 11.3 Å². The first-order valence-corrected chi connectivity index (χ1v) is 9.73. The molecule has 4 heteroatoms. The van der Waals surface area contributed by atoms with Gasteiger partial charge >= 0.3 is 0 Å². The Labute approximate surface area is 149 Å². The molecule has 1 aromatic rings. The van der Waals surface area contributed by atoms with Gasteiger partial charge in [-0.05, 0) is 91.9 Å². The zero-order chi connectivity index (χ0) is 17.6. The Kier molecular flexibility index (Phi) is 4.53. The Bertz CT molecular complexity index is 632. The quantitative estimate of drug-likeness (QED) is 0.640. The second-order valence-corrected chi connectivity index (χ2v) is 8.56. The fourth-order valence-electron chi connectivity index (χ4n) is 5.78. The number of rotatable bonds is 4. The minimum atomic E-state index is -1.03. The molecule has 4 rings (SSSR count). The largest absolute Gasteiger partial charge is 0.393 e. The van der Waals surface area contributed by atoms with Crippen LogP contribution in [0.3, 0.4) is 0 Å². The van der Waals surface area contributed by atoms with E-state index < -0.39 is 6.17 Å². The number of aryl methyl sites for hydroxylation is 1. The van der Waals surface area contributed by atoms with Crippen LogP contribution in [0.15, 0.2) is 18.2 Å². The average Bonchev–Trinajstić information content (AvgIpc) is 2.89. The maximum atomic E-state index is 12.8. The van der Waals surface area contributed by atoms with Gasteiger partial charge in [0.25, 0.3) is 0 Å². The van der Waals surface area contributed by atoms with E-state index in [9.17, 15) is 9.50 Å².